The van der Waals surface area contributed by atoms with Crippen molar-refractivity contribution in [1.29, 1.82) is 0 Å². The molecule has 1 heteroatoms. The second kappa shape index (κ2) is 6.44. The topological polar surface area (TPSA) is 12.0 Å². The van der Waals surface area contributed by atoms with E-state index in [4.69, 9.17) is 0 Å². The van der Waals surface area contributed by atoms with E-state index in [2.05, 4.69) is 77.3 Å². The molecular weight excluding hydrogens is 254 g/mol. The average molecular weight is 281 g/mol. The largest absolute Gasteiger partial charge is 0.313 e. The van der Waals surface area contributed by atoms with E-state index in [1.54, 1.807) is 0 Å². The highest BCUT2D eigenvalue weighted by Gasteiger charge is 2.16. The summed E-state index contributed by atoms with van der Waals surface area (Å²) in [5.41, 5.74) is 9.81. The van der Waals surface area contributed by atoms with Crippen molar-refractivity contribution >= 4 is 0 Å². The third kappa shape index (κ3) is 3.36. The van der Waals surface area contributed by atoms with Gasteiger partial charge < -0.3 is 5.32 Å². The molecule has 0 amide bonds. The molecular formula is C20H27N. The molecule has 0 spiro atoms. The van der Waals surface area contributed by atoms with E-state index in [0.29, 0.717) is 6.04 Å². The molecule has 1 N–H and O–H groups in total. The van der Waals surface area contributed by atoms with E-state index in [0.717, 1.165) is 6.42 Å². The van der Waals surface area contributed by atoms with Crippen LogP contribution in [0.1, 0.15) is 45.0 Å². The molecule has 0 bridgehead atoms. The van der Waals surface area contributed by atoms with Gasteiger partial charge in [-0.3, -0.25) is 0 Å². The number of benzene rings is 2. The van der Waals surface area contributed by atoms with Gasteiger partial charge >= 0.3 is 0 Å². The number of nitrogens with one attached hydrogen (secondary N) is 1. The number of rotatable bonds is 4. The molecule has 0 radical (unpaired) electrons. The average Bonchev–Trinajstić information content (AvgIpc) is 2.42. The Bertz CT molecular complexity index is 617. The van der Waals surface area contributed by atoms with Gasteiger partial charge in [-0.1, -0.05) is 35.9 Å². The lowest BCUT2D eigenvalue weighted by atomic mass is 9.89. The number of likely N-dealkylation sites (N-methyl/N-ethyl adjacent to an activating group) is 1. The Labute approximate surface area is 129 Å². The molecule has 21 heavy (non-hydrogen) atoms. The summed E-state index contributed by atoms with van der Waals surface area (Å²) in [4.78, 5) is 0. The fourth-order valence-electron chi connectivity index (χ4n) is 3.25. The summed E-state index contributed by atoms with van der Waals surface area (Å²) in [6.45, 7) is 11.0. The van der Waals surface area contributed by atoms with Crippen LogP contribution in [-0.4, -0.2) is 7.05 Å². The molecule has 0 heterocycles. The number of hydrogen-bond donors (Lipinski definition) is 1. The van der Waals surface area contributed by atoms with Gasteiger partial charge in [0.2, 0.25) is 0 Å². The Morgan fingerprint density at radius 2 is 1.52 bits per heavy atom. The highest BCUT2D eigenvalue weighted by Crippen LogP contribution is 2.27. The first-order chi connectivity index (χ1) is 9.93. The van der Waals surface area contributed by atoms with Crippen molar-refractivity contribution in [1.82, 2.24) is 5.32 Å². The predicted octanol–water partition coefficient (Wildman–Crippen LogP) is 4.73. The van der Waals surface area contributed by atoms with E-state index in [1.807, 2.05) is 0 Å². The first-order valence-electron chi connectivity index (χ1n) is 7.74. The van der Waals surface area contributed by atoms with Crippen molar-refractivity contribution in [2.24, 2.45) is 0 Å². The molecule has 1 atom stereocenters. The maximum Gasteiger partial charge on any atom is 0.0361 e. The minimum absolute atomic E-state index is 0.366. The van der Waals surface area contributed by atoms with Crippen molar-refractivity contribution in [2.75, 3.05) is 7.05 Å². The second-order valence-corrected chi connectivity index (χ2v) is 6.21. The summed E-state index contributed by atoms with van der Waals surface area (Å²) in [6, 6.07) is 11.5. The minimum Gasteiger partial charge on any atom is -0.313 e. The van der Waals surface area contributed by atoms with Crippen LogP contribution >= 0.6 is 0 Å². The molecule has 1 unspecified atom stereocenters. The molecule has 2 aromatic rings. The standard InChI is InChI=1S/C20H27N/c1-13-10-15(3)19(16(4)11-13)12-20(21-6)18-9-7-8-14(2)17(18)5/h7-11,20-21H,12H2,1-6H3. The van der Waals surface area contributed by atoms with Crippen LogP contribution in [0.4, 0.5) is 0 Å². The predicted molar refractivity (Wildman–Crippen MR) is 92.1 cm³/mol. The smallest absolute Gasteiger partial charge is 0.0361 e. The maximum absolute atomic E-state index is 3.50. The Balaban J connectivity index is 2.38. The van der Waals surface area contributed by atoms with E-state index in [1.165, 1.54) is 38.9 Å². The van der Waals surface area contributed by atoms with Gasteiger partial charge in [-0.25, -0.2) is 0 Å². The second-order valence-electron chi connectivity index (χ2n) is 6.21. The minimum atomic E-state index is 0.366. The fourth-order valence-corrected chi connectivity index (χ4v) is 3.25. The van der Waals surface area contributed by atoms with E-state index < -0.39 is 0 Å². The van der Waals surface area contributed by atoms with Crippen LogP contribution in [0.2, 0.25) is 0 Å². The number of aryl methyl sites for hydroxylation is 4. The van der Waals surface area contributed by atoms with Gasteiger partial charge in [-0.15, -0.1) is 0 Å². The molecule has 0 aliphatic carbocycles. The SMILES string of the molecule is CNC(Cc1c(C)cc(C)cc1C)c1cccc(C)c1C. The molecule has 0 aromatic heterocycles. The molecule has 0 fully saturated rings. The van der Waals surface area contributed by atoms with Gasteiger partial charge in [0.15, 0.2) is 0 Å². The third-order valence-corrected chi connectivity index (χ3v) is 4.62. The Morgan fingerprint density at radius 1 is 0.905 bits per heavy atom. The Morgan fingerprint density at radius 3 is 2.10 bits per heavy atom. The monoisotopic (exact) mass is 281 g/mol. The van der Waals surface area contributed by atoms with Gasteiger partial charge in [-0.05, 0) is 81.5 Å². The molecule has 0 aliphatic heterocycles. The van der Waals surface area contributed by atoms with Crippen molar-refractivity contribution in [2.45, 2.75) is 47.1 Å². The summed E-state index contributed by atoms with van der Waals surface area (Å²) >= 11 is 0. The van der Waals surface area contributed by atoms with Crippen molar-refractivity contribution in [3.63, 3.8) is 0 Å². The van der Waals surface area contributed by atoms with Gasteiger partial charge in [0.05, 0.1) is 0 Å². The van der Waals surface area contributed by atoms with Crippen molar-refractivity contribution < 1.29 is 0 Å². The van der Waals surface area contributed by atoms with Crippen LogP contribution in [0.15, 0.2) is 30.3 Å². The van der Waals surface area contributed by atoms with Crippen LogP contribution in [0, 0.1) is 34.6 Å². The summed E-state index contributed by atoms with van der Waals surface area (Å²) < 4.78 is 0. The molecule has 0 saturated carbocycles. The first kappa shape index (κ1) is 15.8. The number of hydrogen-bond acceptors (Lipinski definition) is 1. The van der Waals surface area contributed by atoms with Gasteiger partial charge in [0.1, 0.15) is 0 Å². The van der Waals surface area contributed by atoms with Crippen LogP contribution in [0.3, 0.4) is 0 Å². The van der Waals surface area contributed by atoms with Crippen LogP contribution in [0.25, 0.3) is 0 Å². The molecule has 0 aliphatic rings. The highest BCUT2D eigenvalue weighted by molar-refractivity contribution is 5.41. The zero-order valence-corrected chi connectivity index (χ0v) is 14.2. The molecule has 2 rings (SSSR count). The lowest BCUT2D eigenvalue weighted by Crippen LogP contribution is -2.21. The lowest BCUT2D eigenvalue weighted by Gasteiger charge is -2.22. The zero-order valence-electron chi connectivity index (χ0n) is 14.2. The molecule has 0 saturated heterocycles. The Hall–Kier alpha value is -1.60. The fraction of sp³-hybridized carbons (Fsp3) is 0.400. The van der Waals surface area contributed by atoms with Gasteiger partial charge in [0.25, 0.3) is 0 Å². The summed E-state index contributed by atoms with van der Waals surface area (Å²) in [5, 5.41) is 3.50. The van der Waals surface area contributed by atoms with Crippen molar-refractivity contribution in [3.8, 4) is 0 Å². The van der Waals surface area contributed by atoms with Crippen molar-refractivity contribution in [3.05, 3.63) is 69.3 Å². The molecule has 112 valence electrons. The quantitative estimate of drug-likeness (QED) is 0.854. The maximum atomic E-state index is 3.50. The van der Waals surface area contributed by atoms with Crippen LogP contribution in [0.5, 0.6) is 0 Å². The van der Waals surface area contributed by atoms with E-state index in [9.17, 15) is 0 Å². The zero-order chi connectivity index (χ0) is 15.6. The summed E-state index contributed by atoms with van der Waals surface area (Å²) in [7, 11) is 2.06. The first-order valence-corrected chi connectivity index (χ1v) is 7.74. The summed E-state index contributed by atoms with van der Waals surface area (Å²) in [5.74, 6) is 0. The van der Waals surface area contributed by atoms with E-state index >= 15 is 0 Å². The van der Waals surface area contributed by atoms with Crippen LogP contribution in [-0.2, 0) is 6.42 Å². The molecule has 1 nitrogen and oxygen atoms in total. The summed E-state index contributed by atoms with van der Waals surface area (Å²) in [6.07, 6.45) is 1.04. The Kier molecular flexibility index (Phi) is 4.84. The lowest BCUT2D eigenvalue weighted by molar-refractivity contribution is 0.585. The highest BCUT2D eigenvalue weighted by atomic mass is 14.9. The normalized spacial score (nSPS) is 12.5. The van der Waals surface area contributed by atoms with Gasteiger partial charge in [0, 0.05) is 6.04 Å². The molecule has 2 aromatic carbocycles. The van der Waals surface area contributed by atoms with Gasteiger partial charge in [-0.2, -0.15) is 0 Å². The van der Waals surface area contributed by atoms with Crippen LogP contribution < -0.4 is 5.32 Å². The van der Waals surface area contributed by atoms with E-state index in [-0.39, 0.29) is 0 Å². The third-order valence-electron chi connectivity index (χ3n) is 4.62.